The molecule has 3 nitrogen and oxygen atoms in total. The van der Waals surface area contributed by atoms with Crippen molar-refractivity contribution in [3.63, 3.8) is 0 Å². The number of fused-ring (bicyclic) bond motifs is 1. The van der Waals surface area contributed by atoms with Crippen LogP contribution < -0.4 is 0 Å². The van der Waals surface area contributed by atoms with Gasteiger partial charge in [0.25, 0.3) is 0 Å². The number of guanidine groups is 1. The van der Waals surface area contributed by atoms with Crippen LogP contribution in [-0.2, 0) is 0 Å². The molecule has 0 spiro atoms. The Balaban J connectivity index is 1.31. The summed E-state index contributed by atoms with van der Waals surface area (Å²) in [7, 11) is 0. The van der Waals surface area contributed by atoms with Gasteiger partial charge < -0.3 is 9.80 Å². The van der Waals surface area contributed by atoms with Crippen molar-refractivity contribution in [3.8, 4) is 0 Å². The molecule has 0 N–H and O–H groups in total. The predicted molar refractivity (Wildman–Crippen MR) is 118 cm³/mol. The molecular formula is C25H43N3. The van der Waals surface area contributed by atoms with E-state index in [1.54, 1.807) is 0 Å². The van der Waals surface area contributed by atoms with Crippen LogP contribution in [0.2, 0.25) is 0 Å². The van der Waals surface area contributed by atoms with Crippen molar-refractivity contribution in [2.75, 3.05) is 19.6 Å². The molecule has 0 aromatic heterocycles. The van der Waals surface area contributed by atoms with Crippen molar-refractivity contribution in [3.05, 3.63) is 0 Å². The summed E-state index contributed by atoms with van der Waals surface area (Å²) in [6, 6.07) is 1.50. The third kappa shape index (κ3) is 3.84. The zero-order valence-electron chi connectivity index (χ0n) is 18.3. The SMILES string of the molecule is CC1CCC(CN2C3=NC[C@@H](C4CCCCC4)N3C[C@@H]2C2CCCCC2)CC1. The van der Waals surface area contributed by atoms with Crippen LogP contribution in [0.3, 0.4) is 0 Å². The van der Waals surface area contributed by atoms with Gasteiger partial charge in [-0.1, -0.05) is 58.3 Å². The maximum Gasteiger partial charge on any atom is 0.197 e. The summed E-state index contributed by atoms with van der Waals surface area (Å²) in [5.74, 6) is 5.15. The summed E-state index contributed by atoms with van der Waals surface area (Å²) >= 11 is 0. The second-order valence-electron chi connectivity index (χ2n) is 11.0. The number of hydrogen-bond donors (Lipinski definition) is 0. The summed E-state index contributed by atoms with van der Waals surface area (Å²) in [4.78, 5) is 10.9. The largest absolute Gasteiger partial charge is 0.338 e. The average molecular weight is 386 g/mol. The predicted octanol–water partition coefficient (Wildman–Crippen LogP) is 5.70. The van der Waals surface area contributed by atoms with E-state index in [0.717, 1.165) is 42.3 Å². The first-order chi connectivity index (χ1) is 13.8. The molecule has 0 unspecified atom stereocenters. The third-order valence-corrected chi connectivity index (χ3v) is 9.10. The van der Waals surface area contributed by atoms with Gasteiger partial charge in [-0.15, -0.1) is 0 Å². The molecule has 2 aliphatic heterocycles. The van der Waals surface area contributed by atoms with Crippen LogP contribution >= 0.6 is 0 Å². The second kappa shape index (κ2) is 8.56. The Hall–Kier alpha value is -0.730. The van der Waals surface area contributed by atoms with E-state index in [2.05, 4.69) is 16.7 Å². The maximum atomic E-state index is 5.23. The normalized spacial score (nSPS) is 38.0. The van der Waals surface area contributed by atoms with Crippen molar-refractivity contribution in [2.45, 2.75) is 109 Å². The smallest absolute Gasteiger partial charge is 0.197 e. The maximum absolute atomic E-state index is 5.23. The molecule has 3 heteroatoms. The molecule has 0 radical (unpaired) electrons. The monoisotopic (exact) mass is 385 g/mol. The van der Waals surface area contributed by atoms with Gasteiger partial charge in [-0.05, 0) is 62.2 Å². The fourth-order valence-electron chi connectivity index (χ4n) is 7.29. The first kappa shape index (κ1) is 19.2. The van der Waals surface area contributed by atoms with Gasteiger partial charge in [0, 0.05) is 13.1 Å². The fourth-order valence-corrected chi connectivity index (χ4v) is 7.29. The van der Waals surface area contributed by atoms with Gasteiger partial charge in [-0.2, -0.15) is 0 Å². The number of nitrogens with zero attached hydrogens (tertiary/aromatic N) is 3. The van der Waals surface area contributed by atoms with Crippen molar-refractivity contribution < 1.29 is 0 Å². The summed E-state index contributed by atoms with van der Waals surface area (Å²) in [5, 5.41) is 0. The second-order valence-corrected chi connectivity index (χ2v) is 11.0. The summed E-state index contributed by atoms with van der Waals surface area (Å²) in [6.45, 7) is 6.15. The van der Waals surface area contributed by atoms with E-state index in [4.69, 9.17) is 4.99 Å². The Kier molecular flexibility index (Phi) is 5.88. The topological polar surface area (TPSA) is 18.8 Å². The van der Waals surface area contributed by atoms with E-state index >= 15 is 0 Å². The lowest BCUT2D eigenvalue weighted by Crippen LogP contribution is -2.43. The molecule has 28 heavy (non-hydrogen) atoms. The van der Waals surface area contributed by atoms with Crippen LogP contribution in [0.15, 0.2) is 4.99 Å². The van der Waals surface area contributed by atoms with Crippen LogP contribution in [-0.4, -0.2) is 47.5 Å². The van der Waals surface area contributed by atoms with Crippen molar-refractivity contribution >= 4 is 5.96 Å². The van der Waals surface area contributed by atoms with Crippen LogP contribution in [0.4, 0.5) is 0 Å². The van der Waals surface area contributed by atoms with Crippen LogP contribution in [0.25, 0.3) is 0 Å². The molecule has 5 rings (SSSR count). The van der Waals surface area contributed by atoms with Gasteiger partial charge in [0.05, 0.1) is 18.6 Å². The van der Waals surface area contributed by atoms with Crippen LogP contribution in [0, 0.1) is 23.7 Å². The quantitative estimate of drug-likeness (QED) is 0.618. The molecule has 0 aromatic rings. The Morgan fingerprint density at radius 3 is 2.00 bits per heavy atom. The van der Waals surface area contributed by atoms with Gasteiger partial charge in [0.15, 0.2) is 5.96 Å². The highest BCUT2D eigenvalue weighted by Gasteiger charge is 2.47. The first-order valence-electron chi connectivity index (χ1n) is 12.9. The molecule has 158 valence electrons. The molecule has 0 aromatic carbocycles. The Bertz CT molecular complexity index is 538. The standard InChI is InChI=1S/C25H43N3/c1-19-12-14-20(15-13-19)17-27-24(22-10-6-3-7-11-22)18-28-23(16-26-25(27)28)21-8-4-2-5-9-21/h19-24H,2-18H2,1H3/t19?,20?,23-,24+/m0/s1. The Labute approximate surface area is 173 Å². The molecule has 2 heterocycles. The highest BCUT2D eigenvalue weighted by atomic mass is 15.5. The molecular weight excluding hydrogens is 342 g/mol. The number of aliphatic imine (C=N–C) groups is 1. The van der Waals surface area contributed by atoms with Gasteiger partial charge in [-0.3, -0.25) is 4.99 Å². The number of hydrogen-bond acceptors (Lipinski definition) is 3. The number of rotatable bonds is 4. The first-order valence-corrected chi connectivity index (χ1v) is 12.9. The lowest BCUT2D eigenvalue weighted by Gasteiger charge is -2.37. The summed E-state index contributed by atoms with van der Waals surface area (Å²) < 4.78 is 0. The summed E-state index contributed by atoms with van der Waals surface area (Å²) in [6.07, 6.45) is 20.5. The molecule has 3 saturated carbocycles. The van der Waals surface area contributed by atoms with Crippen LogP contribution in [0.1, 0.15) is 96.8 Å². The highest BCUT2D eigenvalue weighted by molar-refractivity contribution is 5.84. The van der Waals surface area contributed by atoms with Gasteiger partial charge in [-0.25, -0.2) is 0 Å². The van der Waals surface area contributed by atoms with Gasteiger partial charge in [0.1, 0.15) is 0 Å². The van der Waals surface area contributed by atoms with Crippen molar-refractivity contribution in [1.29, 1.82) is 0 Å². The molecule has 4 fully saturated rings. The highest BCUT2D eigenvalue weighted by Crippen LogP contribution is 2.40. The molecule has 2 atom stereocenters. The molecule has 0 amide bonds. The van der Waals surface area contributed by atoms with Crippen LogP contribution in [0.5, 0.6) is 0 Å². The van der Waals surface area contributed by atoms with Crippen molar-refractivity contribution in [1.82, 2.24) is 9.80 Å². The lowest BCUT2D eigenvalue weighted by molar-refractivity contribution is 0.153. The summed E-state index contributed by atoms with van der Waals surface area (Å²) in [5.41, 5.74) is 0. The molecule has 5 aliphatic rings. The van der Waals surface area contributed by atoms with Gasteiger partial charge in [0.2, 0.25) is 0 Å². The average Bonchev–Trinajstić information content (AvgIpc) is 3.31. The zero-order chi connectivity index (χ0) is 18.9. The minimum absolute atomic E-state index is 0.734. The molecule has 0 bridgehead atoms. The Morgan fingerprint density at radius 2 is 1.36 bits per heavy atom. The fraction of sp³-hybridized carbons (Fsp3) is 0.960. The van der Waals surface area contributed by atoms with Gasteiger partial charge >= 0.3 is 0 Å². The molecule has 3 aliphatic carbocycles. The van der Waals surface area contributed by atoms with Crippen molar-refractivity contribution in [2.24, 2.45) is 28.7 Å². The van der Waals surface area contributed by atoms with E-state index < -0.39 is 0 Å². The van der Waals surface area contributed by atoms with E-state index in [9.17, 15) is 0 Å². The third-order valence-electron chi connectivity index (χ3n) is 9.10. The minimum atomic E-state index is 0.734. The zero-order valence-corrected chi connectivity index (χ0v) is 18.3. The van der Waals surface area contributed by atoms with E-state index in [1.807, 2.05) is 0 Å². The molecule has 1 saturated heterocycles. The van der Waals surface area contributed by atoms with E-state index in [0.29, 0.717) is 0 Å². The lowest BCUT2D eigenvalue weighted by atomic mass is 9.81. The van der Waals surface area contributed by atoms with E-state index in [1.165, 1.54) is 109 Å². The minimum Gasteiger partial charge on any atom is -0.338 e. The van der Waals surface area contributed by atoms with E-state index in [-0.39, 0.29) is 0 Å². The Morgan fingerprint density at radius 1 is 0.750 bits per heavy atom.